The average molecular weight is 288 g/mol. The van der Waals surface area contributed by atoms with Crippen LogP contribution in [0, 0.1) is 0 Å². The lowest BCUT2D eigenvalue weighted by atomic mass is 10.1. The van der Waals surface area contributed by atoms with E-state index in [1.165, 1.54) is 0 Å². The van der Waals surface area contributed by atoms with Crippen LogP contribution in [0.15, 0.2) is 67.0 Å². The Morgan fingerprint density at radius 3 is 2.64 bits per heavy atom. The normalized spacial score (nSPS) is 10.9. The third-order valence-corrected chi connectivity index (χ3v) is 3.62. The molecule has 2 aromatic carbocycles. The molecule has 106 valence electrons. The molecule has 0 amide bonds. The molecule has 4 aromatic rings. The topological polar surface area (TPSA) is 55.0 Å². The predicted molar refractivity (Wildman–Crippen MR) is 85.0 cm³/mol. The van der Waals surface area contributed by atoms with Gasteiger partial charge in [0.2, 0.25) is 0 Å². The Balaban J connectivity index is 1.75. The molecular formula is C18H12N2O2. The minimum absolute atomic E-state index is 0.386. The summed E-state index contributed by atoms with van der Waals surface area (Å²) >= 11 is 0. The second-order valence-electron chi connectivity index (χ2n) is 4.96. The van der Waals surface area contributed by atoms with E-state index in [0.717, 1.165) is 21.8 Å². The fourth-order valence-electron chi connectivity index (χ4n) is 2.56. The highest BCUT2D eigenvalue weighted by Gasteiger charge is 2.14. The zero-order valence-corrected chi connectivity index (χ0v) is 11.6. The number of pyridine rings is 1. The van der Waals surface area contributed by atoms with E-state index in [4.69, 9.17) is 4.74 Å². The summed E-state index contributed by atoms with van der Waals surface area (Å²) in [7, 11) is 0. The van der Waals surface area contributed by atoms with Gasteiger partial charge in [-0.1, -0.05) is 30.3 Å². The number of carbonyl (C=O) groups is 1. The number of benzene rings is 2. The van der Waals surface area contributed by atoms with E-state index in [-0.39, 0.29) is 5.97 Å². The Labute approximate surface area is 126 Å². The van der Waals surface area contributed by atoms with Gasteiger partial charge in [0.25, 0.3) is 0 Å². The monoisotopic (exact) mass is 288 g/mol. The summed E-state index contributed by atoms with van der Waals surface area (Å²) in [4.78, 5) is 19.9. The van der Waals surface area contributed by atoms with Crippen molar-refractivity contribution in [2.24, 2.45) is 0 Å². The van der Waals surface area contributed by atoms with Gasteiger partial charge in [0.05, 0.1) is 11.1 Å². The van der Waals surface area contributed by atoms with E-state index in [1.807, 2.05) is 48.5 Å². The number of nitrogens with one attached hydrogen (secondary N) is 1. The van der Waals surface area contributed by atoms with Crippen LogP contribution in [0.4, 0.5) is 0 Å². The Bertz CT molecular complexity index is 983. The molecule has 2 heterocycles. The largest absolute Gasteiger partial charge is 0.421 e. The molecule has 22 heavy (non-hydrogen) atoms. The molecule has 1 N–H and O–H groups in total. The smallest absolute Gasteiger partial charge is 0.344 e. The van der Waals surface area contributed by atoms with E-state index < -0.39 is 0 Å². The molecule has 4 heteroatoms. The summed E-state index contributed by atoms with van der Waals surface area (Å²) in [6.45, 7) is 0. The van der Waals surface area contributed by atoms with Crippen LogP contribution in [0.2, 0.25) is 0 Å². The number of esters is 1. The Hall–Kier alpha value is -3.14. The Morgan fingerprint density at radius 2 is 1.73 bits per heavy atom. The maximum Gasteiger partial charge on any atom is 0.344 e. The van der Waals surface area contributed by atoms with Crippen LogP contribution < -0.4 is 4.74 Å². The molecule has 2 aromatic heterocycles. The summed E-state index contributed by atoms with van der Waals surface area (Å²) in [5, 5.41) is 1.67. The molecule has 0 aliphatic rings. The van der Waals surface area contributed by atoms with Crippen LogP contribution in [0.25, 0.3) is 21.8 Å². The second kappa shape index (κ2) is 5.00. The highest BCUT2D eigenvalue weighted by atomic mass is 16.5. The first-order valence-electron chi connectivity index (χ1n) is 6.95. The summed E-state index contributed by atoms with van der Waals surface area (Å²) in [6.07, 6.45) is 3.32. The third-order valence-electron chi connectivity index (χ3n) is 3.62. The number of carbonyl (C=O) groups excluding carboxylic acids is 1. The number of aromatic nitrogens is 2. The molecule has 4 rings (SSSR count). The van der Waals surface area contributed by atoms with Crippen LogP contribution in [-0.4, -0.2) is 15.9 Å². The number of hydrogen-bond acceptors (Lipinski definition) is 3. The molecule has 0 aliphatic heterocycles. The molecule has 0 bridgehead atoms. The van der Waals surface area contributed by atoms with Gasteiger partial charge in [0.15, 0.2) is 5.75 Å². The van der Waals surface area contributed by atoms with Crippen molar-refractivity contribution < 1.29 is 9.53 Å². The van der Waals surface area contributed by atoms with Gasteiger partial charge in [0, 0.05) is 28.7 Å². The van der Waals surface area contributed by atoms with Gasteiger partial charge in [-0.2, -0.15) is 0 Å². The molecule has 0 unspecified atom stereocenters. The number of para-hydroxylation sites is 2. The molecule has 0 fully saturated rings. The van der Waals surface area contributed by atoms with Gasteiger partial charge in [-0.25, -0.2) is 4.79 Å². The maximum absolute atomic E-state index is 12.5. The average Bonchev–Trinajstić information content (AvgIpc) is 2.97. The van der Waals surface area contributed by atoms with Crippen LogP contribution in [0.3, 0.4) is 0 Å². The number of rotatable bonds is 2. The van der Waals surface area contributed by atoms with E-state index in [9.17, 15) is 4.79 Å². The number of aromatic amines is 1. The standard InChI is InChI=1S/C18H12N2O2/c21-18(13-9-10-19-15-7-3-1-5-12(13)15)22-17-11-20-16-8-4-2-6-14(16)17/h1-11,20H. The summed E-state index contributed by atoms with van der Waals surface area (Å²) in [5.74, 6) is 0.143. The first-order chi connectivity index (χ1) is 10.8. The van der Waals surface area contributed by atoms with Crippen molar-refractivity contribution in [1.29, 1.82) is 0 Å². The van der Waals surface area contributed by atoms with Gasteiger partial charge < -0.3 is 9.72 Å². The minimum atomic E-state index is -0.386. The summed E-state index contributed by atoms with van der Waals surface area (Å²) in [6, 6.07) is 16.9. The minimum Gasteiger partial charge on any atom is -0.421 e. The van der Waals surface area contributed by atoms with Crippen LogP contribution in [0.5, 0.6) is 5.75 Å². The van der Waals surface area contributed by atoms with E-state index in [2.05, 4.69) is 9.97 Å². The molecule has 0 aliphatic carbocycles. The second-order valence-corrected chi connectivity index (χ2v) is 4.96. The molecule has 0 radical (unpaired) electrons. The summed E-state index contributed by atoms with van der Waals surface area (Å²) < 4.78 is 5.56. The van der Waals surface area contributed by atoms with E-state index >= 15 is 0 Å². The molecule has 4 nitrogen and oxygen atoms in total. The zero-order chi connectivity index (χ0) is 14.9. The SMILES string of the molecule is O=C(Oc1c[nH]c2ccccc12)c1ccnc2ccccc12. The van der Waals surface area contributed by atoms with Crippen LogP contribution >= 0.6 is 0 Å². The van der Waals surface area contributed by atoms with Crippen molar-refractivity contribution in [3.63, 3.8) is 0 Å². The van der Waals surface area contributed by atoms with Gasteiger partial charge in [-0.15, -0.1) is 0 Å². The van der Waals surface area contributed by atoms with Gasteiger partial charge in [-0.3, -0.25) is 4.98 Å². The van der Waals surface area contributed by atoms with Crippen LogP contribution in [0.1, 0.15) is 10.4 Å². The molecule has 0 saturated heterocycles. The molecule has 0 spiro atoms. The Kier molecular flexibility index (Phi) is 2.86. The third kappa shape index (κ3) is 2.02. The van der Waals surface area contributed by atoms with Crippen LogP contribution in [-0.2, 0) is 0 Å². The van der Waals surface area contributed by atoms with Crippen molar-refractivity contribution >= 4 is 27.8 Å². The lowest BCUT2D eigenvalue weighted by Crippen LogP contribution is -2.09. The lowest BCUT2D eigenvalue weighted by Gasteiger charge is -2.06. The lowest BCUT2D eigenvalue weighted by molar-refractivity contribution is 0.0739. The van der Waals surface area contributed by atoms with Crippen molar-refractivity contribution in [1.82, 2.24) is 9.97 Å². The number of fused-ring (bicyclic) bond motifs is 2. The fourth-order valence-corrected chi connectivity index (χ4v) is 2.56. The van der Waals surface area contributed by atoms with Gasteiger partial charge >= 0.3 is 5.97 Å². The number of ether oxygens (including phenoxy) is 1. The van der Waals surface area contributed by atoms with Crippen molar-refractivity contribution in [3.8, 4) is 5.75 Å². The first-order valence-corrected chi connectivity index (χ1v) is 6.95. The predicted octanol–water partition coefficient (Wildman–Crippen LogP) is 3.94. The first kappa shape index (κ1) is 12.6. The molecule has 0 atom stereocenters. The van der Waals surface area contributed by atoms with E-state index in [0.29, 0.717) is 11.3 Å². The van der Waals surface area contributed by atoms with Gasteiger partial charge in [-0.05, 0) is 24.3 Å². The number of hydrogen-bond donors (Lipinski definition) is 1. The van der Waals surface area contributed by atoms with Crippen molar-refractivity contribution in [2.75, 3.05) is 0 Å². The Morgan fingerprint density at radius 1 is 0.955 bits per heavy atom. The zero-order valence-electron chi connectivity index (χ0n) is 11.6. The number of nitrogens with zero attached hydrogens (tertiary/aromatic N) is 1. The molecule has 0 saturated carbocycles. The molecular weight excluding hydrogens is 276 g/mol. The number of H-pyrrole nitrogens is 1. The maximum atomic E-state index is 12.5. The fraction of sp³-hybridized carbons (Fsp3) is 0. The summed E-state index contributed by atoms with van der Waals surface area (Å²) in [5.41, 5.74) is 2.22. The van der Waals surface area contributed by atoms with Crippen molar-refractivity contribution in [2.45, 2.75) is 0 Å². The highest BCUT2D eigenvalue weighted by molar-refractivity contribution is 6.04. The quantitative estimate of drug-likeness (QED) is 0.568. The van der Waals surface area contributed by atoms with Crippen molar-refractivity contribution in [3.05, 3.63) is 72.6 Å². The van der Waals surface area contributed by atoms with E-state index in [1.54, 1.807) is 18.5 Å². The highest BCUT2D eigenvalue weighted by Crippen LogP contribution is 2.26. The van der Waals surface area contributed by atoms with Gasteiger partial charge in [0.1, 0.15) is 0 Å².